The van der Waals surface area contributed by atoms with E-state index in [2.05, 4.69) is 5.32 Å². The van der Waals surface area contributed by atoms with Gasteiger partial charge in [0, 0.05) is 37.3 Å². The molecule has 0 atom stereocenters. The lowest BCUT2D eigenvalue weighted by atomic mass is 9.89. The van der Waals surface area contributed by atoms with Gasteiger partial charge >= 0.3 is 5.97 Å². The van der Waals surface area contributed by atoms with Crippen LogP contribution in [-0.2, 0) is 20.9 Å². The summed E-state index contributed by atoms with van der Waals surface area (Å²) in [6, 6.07) is 9.86. The summed E-state index contributed by atoms with van der Waals surface area (Å²) in [5, 5.41) is 13.8. The molecule has 2 fully saturated rings. The summed E-state index contributed by atoms with van der Waals surface area (Å²) in [7, 11) is 1.61. The van der Waals surface area contributed by atoms with Crippen molar-refractivity contribution in [3.63, 3.8) is 0 Å². The van der Waals surface area contributed by atoms with Gasteiger partial charge in [0.2, 0.25) is 0 Å². The van der Waals surface area contributed by atoms with Gasteiger partial charge in [-0.05, 0) is 60.7 Å². The highest BCUT2D eigenvalue weighted by Gasteiger charge is 2.40. The molecule has 1 aliphatic heterocycles. The molecule has 0 unspecified atom stereocenters. The molecule has 0 aromatic heterocycles. The Morgan fingerprint density at radius 2 is 1.91 bits per heavy atom. The Balaban J connectivity index is 1.70. The number of aliphatic carboxylic acids is 1. The molecule has 1 aliphatic carbocycles. The Hall–Kier alpha value is -2.28. The molecule has 1 saturated carbocycles. The smallest absolute Gasteiger partial charge is 0.329 e. The van der Waals surface area contributed by atoms with Crippen molar-refractivity contribution in [2.45, 2.75) is 63.7 Å². The van der Waals surface area contributed by atoms with Crippen molar-refractivity contribution < 1.29 is 24.1 Å². The second-order valence-electron chi connectivity index (χ2n) is 9.04. The Labute approximate surface area is 200 Å². The van der Waals surface area contributed by atoms with Crippen LogP contribution >= 0.6 is 11.6 Å². The summed E-state index contributed by atoms with van der Waals surface area (Å²) in [5.41, 5.74) is 3.57. The molecule has 0 bridgehead atoms. The number of hydrogen-bond acceptors (Lipinski definition) is 5. The molecule has 4 rings (SSSR count). The molecule has 33 heavy (non-hydrogen) atoms. The summed E-state index contributed by atoms with van der Waals surface area (Å²) >= 11 is 6.70. The van der Waals surface area contributed by atoms with Crippen LogP contribution in [0.5, 0.6) is 5.75 Å². The second kappa shape index (κ2) is 10.3. The van der Waals surface area contributed by atoms with Crippen LogP contribution in [0.4, 0.5) is 5.69 Å². The first-order chi connectivity index (χ1) is 15.9. The van der Waals surface area contributed by atoms with Crippen molar-refractivity contribution in [1.29, 1.82) is 0 Å². The molecular weight excluding hydrogens is 442 g/mol. The number of carboxylic acids is 1. The van der Waals surface area contributed by atoms with Crippen LogP contribution in [0.3, 0.4) is 0 Å². The number of benzene rings is 2. The maximum Gasteiger partial charge on any atom is 0.329 e. The van der Waals surface area contributed by atoms with Crippen LogP contribution in [0.2, 0.25) is 5.02 Å². The molecule has 2 aromatic carbocycles. The first-order valence-electron chi connectivity index (χ1n) is 11.6. The molecule has 7 heteroatoms. The zero-order valence-corrected chi connectivity index (χ0v) is 20.0. The lowest BCUT2D eigenvalue weighted by Crippen LogP contribution is -2.50. The summed E-state index contributed by atoms with van der Waals surface area (Å²) in [4.78, 5) is 12.1. The van der Waals surface area contributed by atoms with E-state index >= 15 is 0 Å². The van der Waals surface area contributed by atoms with E-state index in [1.165, 1.54) is 12.8 Å². The van der Waals surface area contributed by atoms with Gasteiger partial charge in [0.1, 0.15) is 11.3 Å². The largest absolute Gasteiger partial charge is 0.495 e. The lowest BCUT2D eigenvalue weighted by Gasteiger charge is -2.35. The minimum absolute atomic E-state index is 0.262. The summed E-state index contributed by atoms with van der Waals surface area (Å²) < 4.78 is 17.1. The molecule has 0 amide bonds. The highest BCUT2D eigenvalue weighted by Crippen LogP contribution is 2.40. The molecule has 0 radical (unpaired) electrons. The number of nitrogens with one attached hydrogen (secondary N) is 1. The molecule has 2 aliphatic rings. The fourth-order valence-corrected chi connectivity index (χ4v) is 5.07. The van der Waals surface area contributed by atoms with Crippen LogP contribution in [0.1, 0.15) is 49.7 Å². The molecule has 2 N–H and O–H groups in total. The van der Waals surface area contributed by atoms with Gasteiger partial charge in [-0.1, -0.05) is 30.5 Å². The van der Waals surface area contributed by atoms with E-state index in [0.717, 1.165) is 40.8 Å². The van der Waals surface area contributed by atoms with Gasteiger partial charge in [0.05, 0.1) is 24.8 Å². The fourth-order valence-electron chi connectivity index (χ4n) is 4.78. The van der Waals surface area contributed by atoms with Gasteiger partial charge in [-0.15, -0.1) is 0 Å². The Morgan fingerprint density at radius 3 is 2.58 bits per heavy atom. The third-order valence-electron chi connectivity index (χ3n) is 6.71. The minimum Gasteiger partial charge on any atom is -0.495 e. The predicted molar refractivity (Wildman–Crippen MR) is 129 cm³/mol. The standard InChI is InChI=1S/C26H32ClNO5/c1-17-13-22(24(27)23(14-17)31-2)21-8-7-19(15-18(21)16-33-20-5-3-4-6-20)28-26(25(29)30)9-11-32-12-10-26/h7-8,13-15,20,28H,3-6,9-12,16H2,1-2H3,(H,29,30). The zero-order valence-electron chi connectivity index (χ0n) is 19.3. The fraction of sp³-hybridized carbons (Fsp3) is 0.500. The number of ether oxygens (including phenoxy) is 3. The maximum atomic E-state index is 12.1. The van der Waals surface area contributed by atoms with Gasteiger partial charge in [0.25, 0.3) is 0 Å². The van der Waals surface area contributed by atoms with Crippen molar-refractivity contribution in [3.8, 4) is 16.9 Å². The van der Waals surface area contributed by atoms with Crippen molar-refractivity contribution in [2.24, 2.45) is 0 Å². The summed E-state index contributed by atoms with van der Waals surface area (Å²) in [6.45, 7) is 3.29. The molecule has 1 heterocycles. The SMILES string of the molecule is COc1cc(C)cc(-c2ccc(NC3(C(=O)O)CCOCC3)cc2COC2CCCC2)c1Cl. The number of rotatable bonds is 8. The molecule has 0 spiro atoms. The van der Waals surface area contributed by atoms with Crippen LogP contribution in [0.25, 0.3) is 11.1 Å². The van der Waals surface area contributed by atoms with Crippen molar-refractivity contribution in [2.75, 3.05) is 25.6 Å². The summed E-state index contributed by atoms with van der Waals surface area (Å²) in [5.74, 6) is -0.228. The Morgan fingerprint density at radius 1 is 1.18 bits per heavy atom. The molecule has 6 nitrogen and oxygen atoms in total. The normalized spacial score (nSPS) is 18.3. The Bertz CT molecular complexity index is 996. The third kappa shape index (κ3) is 5.29. The molecular formula is C26H32ClNO5. The van der Waals surface area contributed by atoms with E-state index in [0.29, 0.717) is 43.4 Å². The number of methoxy groups -OCH3 is 1. The average molecular weight is 474 g/mol. The van der Waals surface area contributed by atoms with Gasteiger partial charge in [-0.3, -0.25) is 0 Å². The predicted octanol–water partition coefficient (Wildman–Crippen LogP) is 5.83. The number of carboxylic acid groups (broad SMARTS) is 1. The van der Waals surface area contributed by atoms with Crippen LogP contribution in [-0.4, -0.2) is 43.0 Å². The number of halogens is 1. The van der Waals surface area contributed by atoms with E-state index in [1.54, 1.807) is 7.11 Å². The van der Waals surface area contributed by atoms with E-state index < -0.39 is 11.5 Å². The third-order valence-corrected chi connectivity index (χ3v) is 7.10. The molecule has 178 valence electrons. The van der Waals surface area contributed by atoms with Crippen molar-refractivity contribution >= 4 is 23.3 Å². The van der Waals surface area contributed by atoms with Gasteiger partial charge in [-0.25, -0.2) is 4.79 Å². The average Bonchev–Trinajstić information content (AvgIpc) is 3.33. The van der Waals surface area contributed by atoms with E-state index in [4.69, 9.17) is 25.8 Å². The molecule has 1 saturated heterocycles. The number of hydrogen-bond donors (Lipinski definition) is 2. The lowest BCUT2D eigenvalue weighted by molar-refractivity contribution is -0.145. The first kappa shape index (κ1) is 23.9. The van der Waals surface area contributed by atoms with Crippen LogP contribution in [0.15, 0.2) is 30.3 Å². The number of anilines is 1. The summed E-state index contributed by atoms with van der Waals surface area (Å²) in [6.07, 6.45) is 5.64. The number of aryl methyl sites for hydroxylation is 1. The monoisotopic (exact) mass is 473 g/mol. The minimum atomic E-state index is -1.03. The Kier molecular flexibility index (Phi) is 7.47. The zero-order chi connectivity index (χ0) is 23.4. The number of carbonyl (C=O) groups is 1. The van der Waals surface area contributed by atoms with Gasteiger partial charge in [0.15, 0.2) is 0 Å². The molecule has 2 aromatic rings. The van der Waals surface area contributed by atoms with Crippen LogP contribution in [0, 0.1) is 6.92 Å². The quantitative estimate of drug-likeness (QED) is 0.502. The van der Waals surface area contributed by atoms with Crippen molar-refractivity contribution in [3.05, 3.63) is 46.5 Å². The van der Waals surface area contributed by atoms with E-state index in [9.17, 15) is 9.90 Å². The van der Waals surface area contributed by atoms with E-state index in [1.807, 2.05) is 37.3 Å². The highest BCUT2D eigenvalue weighted by molar-refractivity contribution is 6.35. The maximum absolute atomic E-state index is 12.1. The van der Waals surface area contributed by atoms with Gasteiger partial charge < -0.3 is 24.6 Å². The van der Waals surface area contributed by atoms with E-state index in [-0.39, 0.29) is 6.10 Å². The highest BCUT2D eigenvalue weighted by atomic mass is 35.5. The first-order valence-corrected chi connectivity index (χ1v) is 12.0. The van der Waals surface area contributed by atoms with Crippen molar-refractivity contribution in [1.82, 2.24) is 0 Å². The van der Waals surface area contributed by atoms with Gasteiger partial charge in [-0.2, -0.15) is 0 Å². The van der Waals surface area contributed by atoms with Crippen LogP contribution < -0.4 is 10.1 Å². The topological polar surface area (TPSA) is 77.0 Å². The second-order valence-corrected chi connectivity index (χ2v) is 9.42.